The summed E-state index contributed by atoms with van der Waals surface area (Å²) in [5, 5.41) is 2.32. The molecule has 260 valence electrons. The smallest absolute Gasteiger partial charge is 0.136 e. The van der Waals surface area contributed by atoms with Gasteiger partial charge in [0.05, 0.1) is 0 Å². The quantitative estimate of drug-likeness (QED) is 0.182. The zero-order valence-electron chi connectivity index (χ0n) is 30.8. The van der Waals surface area contributed by atoms with Crippen LogP contribution in [0.1, 0.15) is 61.8 Å². The van der Waals surface area contributed by atoms with E-state index in [1.165, 1.54) is 76.0 Å². The summed E-state index contributed by atoms with van der Waals surface area (Å²) in [6, 6.07) is 56.9. The van der Waals surface area contributed by atoms with Crippen LogP contribution in [0.2, 0.25) is 0 Å². The number of fused-ring (bicyclic) bond motifs is 14. The summed E-state index contributed by atoms with van der Waals surface area (Å²) < 4.78 is 6.28. The first-order valence-electron chi connectivity index (χ1n) is 19.8. The molecule has 0 N–H and O–H groups in total. The first-order valence-corrected chi connectivity index (χ1v) is 19.8. The molecule has 2 nitrogen and oxygen atoms in total. The fourth-order valence-corrected chi connectivity index (χ4v) is 11.5. The molecule has 0 amide bonds. The van der Waals surface area contributed by atoms with E-state index >= 15 is 0 Å². The highest BCUT2D eigenvalue weighted by atomic mass is 16.3. The van der Waals surface area contributed by atoms with Crippen molar-refractivity contribution in [1.82, 2.24) is 0 Å². The monoisotopic (exact) mass is 695 g/mol. The van der Waals surface area contributed by atoms with E-state index in [-0.39, 0.29) is 10.8 Å². The SMILES string of the molecule is CC1(C)c2ccccc2-c2ccc(N(c3ccc(-c4ccc5c(c4)oc4ccccc45)cc3)c3ccc4c(c3)C3(CC5CCC3C5)c3ccccc3-4)cc21. The lowest BCUT2D eigenvalue weighted by Crippen LogP contribution is -2.32. The zero-order chi connectivity index (χ0) is 35.8. The first kappa shape index (κ1) is 30.6. The van der Waals surface area contributed by atoms with Crippen LogP contribution < -0.4 is 4.90 Å². The number of benzene rings is 7. The molecule has 1 aromatic heterocycles. The minimum atomic E-state index is -0.0838. The molecule has 0 aliphatic heterocycles. The van der Waals surface area contributed by atoms with Crippen molar-refractivity contribution < 1.29 is 4.42 Å². The summed E-state index contributed by atoms with van der Waals surface area (Å²) in [7, 11) is 0. The summed E-state index contributed by atoms with van der Waals surface area (Å²) in [6.45, 7) is 4.76. The van der Waals surface area contributed by atoms with Crippen molar-refractivity contribution in [2.45, 2.75) is 50.4 Å². The van der Waals surface area contributed by atoms with Crippen LogP contribution in [-0.2, 0) is 10.8 Å². The van der Waals surface area contributed by atoms with Crippen LogP contribution in [0.15, 0.2) is 156 Å². The summed E-state index contributed by atoms with van der Waals surface area (Å²) in [5.74, 6) is 1.55. The average Bonchev–Trinajstić information content (AvgIpc) is 4.02. The van der Waals surface area contributed by atoms with Gasteiger partial charge in [0.2, 0.25) is 0 Å². The fraction of sp³-hybridized carbons (Fsp3) is 0.192. The van der Waals surface area contributed by atoms with E-state index < -0.39 is 0 Å². The van der Waals surface area contributed by atoms with Gasteiger partial charge in [-0.25, -0.2) is 0 Å². The molecule has 4 aliphatic rings. The highest BCUT2D eigenvalue weighted by Gasteiger charge is 2.56. The maximum Gasteiger partial charge on any atom is 0.136 e. The van der Waals surface area contributed by atoms with E-state index in [0.29, 0.717) is 0 Å². The Morgan fingerprint density at radius 2 is 1.11 bits per heavy atom. The highest BCUT2D eigenvalue weighted by molar-refractivity contribution is 6.06. The summed E-state index contributed by atoms with van der Waals surface area (Å²) >= 11 is 0. The van der Waals surface area contributed by atoms with Gasteiger partial charge in [0, 0.05) is 38.7 Å². The van der Waals surface area contributed by atoms with Crippen LogP contribution in [0.4, 0.5) is 17.1 Å². The third kappa shape index (κ3) is 4.06. The predicted molar refractivity (Wildman–Crippen MR) is 223 cm³/mol. The van der Waals surface area contributed by atoms with Crippen LogP contribution >= 0.6 is 0 Å². The number of hydrogen-bond acceptors (Lipinski definition) is 2. The number of furan rings is 1. The third-order valence-corrected chi connectivity index (χ3v) is 14.0. The maximum absolute atomic E-state index is 6.28. The Hall–Kier alpha value is -5.86. The number of rotatable bonds is 4. The van der Waals surface area contributed by atoms with Crippen molar-refractivity contribution in [3.8, 4) is 33.4 Å². The molecule has 54 heavy (non-hydrogen) atoms. The fourth-order valence-electron chi connectivity index (χ4n) is 11.5. The van der Waals surface area contributed by atoms with Gasteiger partial charge < -0.3 is 9.32 Å². The molecule has 4 aliphatic carbocycles. The van der Waals surface area contributed by atoms with E-state index in [1.807, 2.05) is 12.1 Å². The average molecular weight is 696 g/mol. The lowest BCUT2D eigenvalue weighted by molar-refractivity contribution is 0.327. The second-order valence-electron chi connectivity index (χ2n) is 16.9. The zero-order valence-corrected chi connectivity index (χ0v) is 30.8. The van der Waals surface area contributed by atoms with E-state index in [4.69, 9.17) is 4.42 Å². The molecule has 2 saturated carbocycles. The van der Waals surface area contributed by atoms with Crippen LogP contribution in [0.3, 0.4) is 0 Å². The van der Waals surface area contributed by atoms with Crippen LogP contribution in [-0.4, -0.2) is 0 Å². The Morgan fingerprint density at radius 3 is 1.87 bits per heavy atom. The lowest BCUT2D eigenvalue weighted by Gasteiger charge is -2.37. The Kier molecular flexibility index (Phi) is 6.15. The molecule has 3 atom stereocenters. The van der Waals surface area contributed by atoms with Crippen molar-refractivity contribution >= 4 is 39.0 Å². The Morgan fingerprint density at radius 1 is 0.500 bits per heavy atom. The number of anilines is 3. The van der Waals surface area contributed by atoms with Crippen LogP contribution in [0.5, 0.6) is 0 Å². The van der Waals surface area contributed by atoms with Gasteiger partial charge in [-0.1, -0.05) is 117 Å². The van der Waals surface area contributed by atoms with Crippen molar-refractivity contribution in [3.05, 3.63) is 174 Å². The van der Waals surface area contributed by atoms with Crippen molar-refractivity contribution in [2.24, 2.45) is 11.8 Å². The summed E-state index contributed by atoms with van der Waals surface area (Å²) in [4.78, 5) is 2.51. The minimum absolute atomic E-state index is 0.0838. The molecule has 2 bridgehead atoms. The van der Waals surface area contributed by atoms with Gasteiger partial charge in [0.25, 0.3) is 0 Å². The predicted octanol–water partition coefficient (Wildman–Crippen LogP) is 14.1. The van der Waals surface area contributed by atoms with E-state index in [1.54, 1.807) is 11.1 Å². The second-order valence-corrected chi connectivity index (χ2v) is 16.9. The molecule has 0 radical (unpaired) electrons. The maximum atomic E-state index is 6.28. The van der Waals surface area contributed by atoms with E-state index in [2.05, 4.69) is 158 Å². The minimum Gasteiger partial charge on any atom is -0.456 e. The van der Waals surface area contributed by atoms with Gasteiger partial charge in [-0.2, -0.15) is 0 Å². The molecule has 3 unspecified atom stereocenters. The summed E-state index contributed by atoms with van der Waals surface area (Å²) in [5.41, 5.74) is 19.3. The van der Waals surface area contributed by atoms with Gasteiger partial charge >= 0.3 is 0 Å². The Bertz CT molecular complexity index is 2840. The molecule has 12 rings (SSSR count). The molecule has 0 saturated heterocycles. The van der Waals surface area contributed by atoms with E-state index in [9.17, 15) is 0 Å². The van der Waals surface area contributed by atoms with Gasteiger partial charge in [-0.3, -0.25) is 0 Å². The second kappa shape index (κ2) is 10.9. The van der Waals surface area contributed by atoms with Gasteiger partial charge in [0.15, 0.2) is 0 Å². The van der Waals surface area contributed by atoms with Crippen molar-refractivity contribution in [3.63, 3.8) is 0 Å². The number of nitrogens with zero attached hydrogens (tertiary/aromatic N) is 1. The van der Waals surface area contributed by atoms with Gasteiger partial charge in [-0.15, -0.1) is 0 Å². The molecular formula is C52H41NO. The Labute approximate surface area is 316 Å². The molecule has 1 spiro atoms. The van der Waals surface area contributed by atoms with Crippen molar-refractivity contribution in [1.29, 1.82) is 0 Å². The molecule has 2 fully saturated rings. The largest absolute Gasteiger partial charge is 0.456 e. The molecule has 2 heteroatoms. The normalized spacial score (nSPS) is 21.1. The number of hydrogen-bond donors (Lipinski definition) is 0. The van der Waals surface area contributed by atoms with Crippen LogP contribution in [0.25, 0.3) is 55.3 Å². The van der Waals surface area contributed by atoms with Gasteiger partial charge in [-0.05, 0) is 141 Å². The van der Waals surface area contributed by atoms with Gasteiger partial charge in [0.1, 0.15) is 11.2 Å². The first-order chi connectivity index (χ1) is 26.5. The standard InChI is InChI=1S/C52H41NO/c1-51(2)45-12-6-3-9-39(45)41-25-22-37(29-47(41)51)53(36-20-16-33(17-21-36)34-18-24-44-43-11-5-8-14-49(43)54-50(44)28-34)38-23-26-42-40-10-4-7-13-46(40)52(48(42)30-38)31-32-15-19-35(52)27-32/h3-14,16-18,20-26,28-30,32,35H,15,19,27,31H2,1-2H3. The highest BCUT2D eigenvalue weighted by Crippen LogP contribution is 2.66. The molecule has 7 aromatic carbocycles. The Balaban J connectivity index is 1.01. The third-order valence-electron chi connectivity index (χ3n) is 14.0. The molecule has 1 heterocycles. The van der Waals surface area contributed by atoms with Crippen molar-refractivity contribution in [2.75, 3.05) is 4.90 Å². The topological polar surface area (TPSA) is 16.4 Å². The summed E-state index contributed by atoms with van der Waals surface area (Å²) in [6.07, 6.45) is 5.37. The lowest BCUT2D eigenvalue weighted by atomic mass is 9.67. The number of para-hydroxylation sites is 1. The van der Waals surface area contributed by atoms with E-state index in [0.717, 1.165) is 45.0 Å². The molecular weight excluding hydrogens is 655 g/mol. The van der Waals surface area contributed by atoms with Crippen LogP contribution in [0, 0.1) is 11.8 Å². The molecule has 8 aromatic rings.